The second-order valence-electron chi connectivity index (χ2n) is 19.1. The van der Waals surface area contributed by atoms with Crippen LogP contribution in [0.4, 0.5) is 0 Å². The van der Waals surface area contributed by atoms with Gasteiger partial charge < -0.3 is 0 Å². The molecule has 0 saturated carbocycles. The quantitative estimate of drug-likeness (QED) is 0.146. The molecule has 69 heavy (non-hydrogen) atoms. The van der Waals surface area contributed by atoms with Crippen LogP contribution in [-0.4, -0.2) is 0 Å². The van der Waals surface area contributed by atoms with E-state index in [9.17, 15) is 0 Å². The number of hydrogen-bond donors (Lipinski definition) is 0. The summed E-state index contributed by atoms with van der Waals surface area (Å²) in [4.78, 5) is 0. The van der Waals surface area contributed by atoms with Gasteiger partial charge in [-0.15, -0.1) is 0 Å². The summed E-state index contributed by atoms with van der Waals surface area (Å²) in [5.74, 6) is 0. The van der Waals surface area contributed by atoms with Crippen molar-refractivity contribution in [2.45, 2.75) is 5.41 Å². The van der Waals surface area contributed by atoms with Crippen LogP contribution in [0.2, 0.25) is 0 Å². The van der Waals surface area contributed by atoms with E-state index in [1.165, 1.54) is 143 Å². The molecule has 1 aliphatic carbocycles. The van der Waals surface area contributed by atoms with Crippen molar-refractivity contribution in [3.05, 3.63) is 277 Å². The summed E-state index contributed by atoms with van der Waals surface area (Å²) in [5, 5.41) is 15.8. The molecule has 318 valence electrons. The molecule has 0 unspecified atom stereocenters. The summed E-state index contributed by atoms with van der Waals surface area (Å²) < 4.78 is 0. The Morgan fingerprint density at radius 1 is 0.188 bits per heavy atom. The molecule has 0 amide bonds. The lowest BCUT2D eigenvalue weighted by Crippen LogP contribution is -2.28. The number of rotatable bonds is 6. The van der Waals surface area contributed by atoms with E-state index in [2.05, 4.69) is 255 Å². The van der Waals surface area contributed by atoms with Gasteiger partial charge in [-0.3, -0.25) is 0 Å². The molecule has 1 aliphatic rings. The van der Waals surface area contributed by atoms with Crippen LogP contribution >= 0.6 is 0 Å². The lowest BCUT2D eigenvalue weighted by atomic mass is 9.67. The standard InChI is InChI=1S/C69H42/c1-3-13-63-59(11-1)60-12-2-4-14-64(60)69(63,55-35-27-45(28-36-55)43-15-19-47(20-16-43)57-39-31-53-25-23-49-7-5-9-51-33-41-61(57)67(53)65(49)51)56-37-29-46(30-38-56)44-17-21-48(22-18-44)58-40-32-54-26-24-50-8-6-10-52-34-42-62(58)68(54)66(50)52/h1-42H. The van der Waals surface area contributed by atoms with Crippen LogP contribution in [0, 0.1) is 0 Å². The molecule has 14 aromatic rings. The third kappa shape index (κ3) is 5.52. The first-order chi connectivity index (χ1) is 34.2. The molecular formula is C69H42. The molecular weight excluding hydrogens is 829 g/mol. The molecule has 0 bridgehead atoms. The second-order valence-corrected chi connectivity index (χ2v) is 19.1. The van der Waals surface area contributed by atoms with Crippen molar-refractivity contribution in [1.29, 1.82) is 0 Å². The van der Waals surface area contributed by atoms with Crippen LogP contribution in [0.15, 0.2) is 255 Å². The zero-order chi connectivity index (χ0) is 45.2. The maximum atomic E-state index is 2.37. The SMILES string of the molecule is c1ccc2c(c1)-c1ccccc1C2(c1ccc(-c2ccc(-c3ccc4ccc5cccc6ccc3c4c56)cc2)cc1)c1ccc(-c2ccc(-c3ccc4ccc5cccc6ccc3c4c56)cc2)cc1. The normalized spacial score (nSPS) is 13.0. The first-order valence-electron chi connectivity index (χ1n) is 24.1. The largest absolute Gasteiger partial charge is 0.0713 e. The minimum absolute atomic E-state index is 0.484. The van der Waals surface area contributed by atoms with Gasteiger partial charge in [-0.25, -0.2) is 0 Å². The monoisotopic (exact) mass is 870 g/mol. The van der Waals surface area contributed by atoms with Crippen molar-refractivity contribution in [3.8, 4) is 55.6 Å². The van der Waals surface area contributed by atoms with E-state index in [0.29, 0.717) is 0 Å². The minimum atomic E-state index is -0.484. The molecule has 14 aromatic carbocycles. The van der Waals surface area contributed by atoms with E-state index in [1.807, 2.05) is 0 Å². The lowest BCUT2D eigenvalue weighted by Gasteiger charge is -2.34. The molecule has 0 atom stereocenters. The summed E-state index contributed by atoms with van der Waals surface area (Å²) in [6.07, 6.45) is 0. The van der Waals surface area contributed by atoms with Crippen LogP contribution in [0.3, 0.4) is 0 Å². The van der Waals surface area contributed by atoms with Crippen molar-refractivity contribution < 1.29 is 0 Å². The highest BCUT2D eigenvalue weighted by molar-refractivity contribution is 6.26. The molecule has 0 N–H and O–H groups in total. The predicted octanol–water partition coefficient (Wildman–Crippen LogP) is 18.5. The van der Waals surface area contributed by atoms with E-state index >= 15 is 0 Å². The van der Waals surface area contributed by atoms with Crippen molar-refractivity contribution in [2.75, 3.05) is 0 Å². The fourth-order valence-electron chi connectivity index (χ4n) is 12.5. The fourth-order valence-corrected chi connectivity index (χ4v) is 12.5. The first-order valence-corrected chi connectivity index (χ1v) is 24.1. The van der Waals surface area contributed by atoms with Gasteiger partial charge in [0.05, 0.1) is 5.41 Å². The topological polar surface area (TPSA) is 0 Å². The van der Waals surface area contributed by atoms with Gasteiger partial charge in [-0.05, 0) is 143 Å². The van der Waals surface area contributed by atoms with Crippen LogP contribution in [-0.2, 0) is 5.41 Å². The fraction of sp³-hybridized carbons (Fsp3) is 0.0145. The zero-order valence-electron chi connectivity index (χ0n) is 37.7. The summed E-state index contributed by atoms with van der Waals surface area (Å²) in [6, 6.07) is 95.7. The van der Waals surface area contributed by atoms with Gasteiger partial charge >= 0.3 is 0 Å². The molecule has 0 nitrogen and oxygen atoms in total. The van der Waals surface area contributed by atoms with Crippen molar-refractivity contribution in [3.63, 3.8) is 0 Å². The molecule has 0 fully saturated rings. The number of fused-ring (bicyclic) bond motifs is 3. The number of hydrogen-bond acceptors (Lipinski definition) is 0. The molecule has 0 aliphatic heterocycles. The molecule has 0 aromatic heterocycles. The van der Waals surface area contributed by atoms with Gasteiger partial charge in [0.15, 0.2) is 0 Å². The van der Waals surface area contributed by atoms with Gasteiger partial charge in [0.25, 0.3) is 0 Å². The molecule has 0 radical (unpaired) electrons. The van der Waals surface area contributed by atoms with Gasteiger partial charge in [0, 0.05) is 0 Å². The highest BCUT2D eigenvalue weighted by Gasteiger charge is 2.45. The Morgan fingerprint density at radius 3 is 0.884 bits per heavy atom. The summed E-state index contributed by atoms with van der Waals surface area (Å²) in [6.45, 7) is 0. The zero-order valence-corrected chi connectivity index (χ0v) is 37.7. The van der Waals surface area contributed by atoms with Crippen LogP contribution < -0.4 is 0 Å². The van der Waals surface area contributed by atoms with E-state index < -0.39 is 5.41 Å². The van der Waals surface area contributed by atoms with Gasteiger partial charge in [-0.2, -0.15) is 0 Å². The van der Waals surface area contributed by atoms with E-state index in [4.69, 9.17) is 0 Å². The first kappa shape index (κ1) is 38.3. The van der Waals surface area contributed by atoms with E-state index in [0.717, 1.165) is 0 Å². The van der Waals surface area contributed by atoms with Gasteiger partial charge in [0.1, 0.15) is 0 Å². The average molecular weight is 871 g/mol. The maximum Gasteiger partial charge on any atom is 0.0713 e. The van der Waals surface area contributed by atoms with E-state index in [-0.39, 0.29) is 0 Å². The Labute approximate surface area is 400 Å². The van der Waals surface area contributed by atoms with E-state index in [1.54, 1.807) is 0 Å². The van der Waals surface area contributed by atoms with Crippen molar-refractivity contribution in [1.82, 2.24) is 0 Å². The molecule has 0 heteroatoms. The van der Waals surface area contributed by atoms with Crippen molar-refractivity contribution in [2.24, 2.45) is 0 Å². The summed E-state index contributed by atoms with van der Waals surface area (Å²) >= 11 is 0. The maximum absolute atomic E-state index is 2.37. The van der Waals surface area contributed by atoms with Crippen molar-refractivity contribution >= 4 is 64.6 Å². The third-order valence-corrected chi connectivity index (χ3v) is 15.7. The van der Waals surface area contributed by atoms with Gasteiger partial charge in [0.2, 0.25) is 0 Å². The highest BCUT2D eigenvalue weighted by atomic mass is 14.5. The Bertz CT molecular complexity index is 3990. The Hall–Kier alpha value is -8.84. The van der Waals surface area contributed by atoms with Crippen LogP contribution in [0.5, 0.6) is 0 Å². The Morgan fingerprint density at radius 2 is 0.493 bits per heavy atom. The Balaban J connectivity index is 0.784. The van der Waals surface area contributed by atoms with Crippen LogP contribution in [0.25, 0.3) is 120 Å². The van der Waals surface area contributed by atoms with Gasteiger partial charge in [-0.1, -0.05) is 255 Å². The molecule has 15 rings (SSSR count). The molecule has 0 heterocycles. The molecule has 0 saturated heterocycles. The summed E-state index contributed by atoms with van der Waals surface area (Å²) in [7, 11) is 0. The minimum Gasteiger partial charge on any atom is -0.0619 e. The molecule has 0 spiro atoms. The lowest BCUT2D eigenvalue weighted by molar-refractivity contribution is 0.769. The average Bonchev–Trinajstić information content (AvgIpc) is 3.73. The number of benzene rings is 14. The third-order valence-electron chi connectivity index (χ3n) is 15.7. The smallest absolute Gasteiger partial charge is 0.0619 e. The Kier molecular flexibility index (Phi) is 8.09. The second kappa shape index (κ2) is 14.6. The predicted molar refractivity (Wildman–Crippen MR) is 293 cm³/mol. The summed E-state index contributed by atoms with van der Waals surface area (Å²) in [5.41, 5.74) is 17.1. The highest BCUT2D eigenvalue weighted by Crippen LogP contribution is 2.56. The van der Waals surface area contributed by atoms with Crippen LogP contribution in [0.1, 0.15) is 22.3 Å².